The monoisotopic (exact) mass is 200 g/mol. The number of hydrogen-bond donors (Lipinski definition) is 1. The largest absolute Gasteiger partial charge is 0.380 e. The van der Waals surface area contributed by atoms with E-state index in [-0.39, 0.29) is 0 Å². The van der Waals surface area contributed by atoms with Crippen molar-refractivity contribution in [2.75, 3.05) is 32.8 Å². The zero-order valence-corrected chi connectivity index (χ0v) is 9.75. The second kappa shape index (κ2) is 6.38. The highest BCUT2D eigenvalue weighted by molar-refractivity contribution is 4.75. The smallest absolute Gasteiger partial charge is 0.0622 e. The van der Waals surface area contributed by atoms with Gasteiger partial charge in [-0.15, -0.1) is 0 Å². The molecule has 0 bridgehead atoms. The van der Waals surface area contributed by atoms with E-state index >= 15 is 0 Å². The lowest BCUT2D eigenvalue weighted by Crippen LogP contribution is -2.41. The van der Waals surface area contributed by atoms with Crippen LogP contribution in [-0.4, -0.2) is 49.8 Å². The molecule has 0 aromatic carbocycles. The Balaban J connectivity index is 2.17. The van der Waals surface area contributed by atoms with E-state index in [4.69, 9.17) is 4.74 Å². The van der Waals surface area contributed by atoms with Crippen LogP contribution in [0.1, 0.15) is 27.2 Å². The van der Waals surface area contributed by atoms with Gasteiger partial charge in [0.25, 0.3) is 0 Å². The summed E-state index contributed by atoms with van der Waals surface area (Å²) in [6.45, 7) is 11.8. The molecule has 0 aliphatic carbocycles. The Labute approximate surface area is 87.8 Å². The summed E-state index contributed by atoms with van der Waals surface area (Å²) in [6, 6.07) is 1.25. The zero-order chi connectivity index (χ0) is 10.4. The number of nitrogens with one attached hydrogen (secondary N) is 1. The Bertz CT molecular complexity index is 144. The molecule has 1 N–H and O–H groups in total. The summed E-state index contributed by atoms with van der Waals surface area (Å²) >= 11 is 0. The summed E-state index contributed by atoms with van der Waals surface area (Å²) in [7, 11) is 0. The molecule has 84 valence electrons. The minimum absolute atomic E-state index is 0.591. The van der Waals surface area contributed by atoms with Crippen LogP contribution in [0.5, 0.6) is 0 Å². The molecule has 1 atom stereocenters. The van der Waals surface area contributed by atoms with E-state index in [0.717, 1.165) is 32.8 Å². The first-order valence-corrected chi connectivity index (χ1v) is 5.79. The van der Waals surface area contributed by atoms with Crippen molar-refractivity contribution in [1.82, 2.24) is 10.2 Å². The van der Waals surface area contributed by atoms with E-state index in [1.54, 1.807) is 0 Å². The first-order valence-electron chi connectivity index (χ1n) is 5.79. The van der Waals surface area contributed by atoms with Crippen LogP contribution in [0.25, 0.3) is 0 Å². The quantitative estimate of drug-likeness (QED) is 0.695. The molecule has 1 heterocycles. The van der Waals surface area contributed by atoms with Gasteiger partial charge in [-0.1, -0.05) is 20.8 Å². The van der Waals surface area contributed by atoms with Crippen LogP contribution in [0.3, 0.4) is 0 Å². The van der Waals surface area contributed by atoms with Gasteiger partial charge < -0.3 is 10.1 Å². The Hall–Kier alpha value is -0.120. The van der Waals surface area contributed by atoms with Crippen LogP contribution in [0.15, 0.2) is 0 Å². The van der Waals surface area contributed by atoms with Crippen molar-refractivity contribution in [2.45, 2.75) is 39.3 Å². The number of likely N-dealkylation sites (N-methyl/N-ethyl adjacent to an activating group) is 1. The predicted molar refractivity (Wildman–Crippen MR) is 59.6 cm³/mol. The molecule has 0 amide bonds. The minimum Gasteiger partial charge on any atom is -0.380 e. The molecule has 0 aromatic heterocycles. The minimum atomic E-state index is 0.591. The van der Waals surface area contributed by atoms with Gasteiger partial charge in [-0.25, -0.2) is 0 Å². The predicted octanol–water partition coefficient (Wildman–Crippen LogP) is 1.10. The molecular weight excluding hydrogens is 176 g/mol. The third-order valence-corrected chi connectivity index (χ3v) is 2.78. The van der Waals surface area contributed by atoms with E-state index < -0.39 is 0 Å². The summed E-state index contributed by atoms with van der Waals surface area (Å²) in [5.41, 5.74) is 0. The lowest BCUT2D eigenvalue weighted by Gasteiger charge is -2.26. The van der Waals surface area contributed by atoms with Gasteiger partial charge in [0.05, 0.1) is 6.61 Å². The molecule has 1 saturated heterocycles. The van der Waals surface area contributed by atoms with Crippen LogP contribution < -0.4 is 5.32 Å². The highest BCUT2D eigenvalue weighted by Gasteiger charge is 2.21. The fraction of sp³-hybridized carbons (Fsp3) is 1.00. The fourth-order valence-corrected chi connectivity index (χ4v) is 1.91. The van der Waals surface area contributed by atoms with Gasteiger partial charge in [-0.3, -0.25) is 4.90 Å². The van der Waals surface area contributed by atoms with Crippen LogP contribution >= 0.6 is 0 Å². The lowest BCUT2D eigenvalue weighted by molar-refractivity contribution is 0.147. The van der Waals surface area contributed by atoms with Crippen molar-refractivity contribution in [3.8, 4) is 0 Å². The number of rotatable bonds is 6. The van der Waals surface area contributed by atoms with Gasteiger partial charge in [-0.05, 0) is 13.0 Å². The van der Waals surface area contributed by atoms with Gasteiger partial charge in [0.2, 0.25) is 0 Å². The van der Waals surface area contributed by atoms with Crippen molar-refractivity contribution in [1.29, 1.82) is 0 Å². The first-order chi connectivity index (χ1) is 6.74. The summed E-state index contributed by atoms with van der Waals surface area (Å²) in [5.74, 6) is 0. The zero-order valence-electron chi connectivity index (χ0n) is 9.75. The lowest BCUT2D eigenvalue weighted by atomic mass is 10.2. The van der Waals surface area contributed by atoms with Crippen molar-refractivity contribution < 1.29 is 4.74 Å². The standard InChI is InChI=1S/C11H24N2O/c1-4-13(7-6-12-10(2)3)11-5-8-14-9-11/h10-12H,4-9H2,1-3H3. The van der Waals surface area contributed by atoms with E-state index in [0.29, 0.717) is 12.1 Å². The molecule has 0 radical (unpaired) electrons. The summed E-state index contributed by atoms with van der Waals surface area (Å²) in [4.78, 5) is 2.52. The molecule has 1 rings (SSSR count). The Kier molecular flexibility index (Phi) is 5.45. The molecule has 1 aliphatic heterocycles. The van der Waals surface area contributed by atoms with E-state index in [2.05, 4.69) is 31.0 Å². The van der Waals surface area contributed by atoms with Crippen LogP contribution in [0.2, 0.25) is 0 Å². The average Bonchev–Trinajstić information content (AvgIpc) is 2.64. The number of hydrogen-bond acceptors (Lipinski definition) is 3. The molecule has 0 saturated carbocycles. The molecule has 0 spiro atoms. The Morgan fingerprint density at radius 3 is 2.79 bits per heavy atom. The van der Waals surface area contributed by atoms with Crippen molar-refractivity contribution in [3.63, 3.8) is 0 Å². The second-order valence-corrected chi connectivity index (χ2v) is 4.25. The van der Waals surface area contributed by atoms with Gasteiger partial charge in [0.1, 0.15) is 0 Å². The van der Waals surface area contributed by atoms with Crippen LogP contribution in [0, 0.1) is 0 Å². The SMILES string of the molecule is CCN(CCNC(C)C)C1CCOC1. The third-order valence-electron chi connectivity index (χ3n) is 2.78. The van der Waals surface area contributed by atoms with Gasteiger partial charge >= 0.3 is 0 Å². The third kappa shape index (κ3) is 3.95. The molecule has 1 unspecified atom stereocenters. The van der Waals surface area contributed by atoms with Crippen molar-refractivity contribution in [2.24, 2.45) is 0 Å². The van der Waals surface area contributed by atoms with Gasteiger partial charge in [-0.2, -0.15) is 0 Å². The van der Waals surface area contributed by atoms with E-state index in [1.165, 1.54) is 6.42 Å². The summed E-state index contributed by atoms with van der Waals surface area (Å²) in [5, 5.41) is 3.45. The van der Waals surface area contributed by atoms with E-state index in [9.17, 15) is 0 Å². The highest BCUT2D eigenvalue weighted by atomic mass is 16.5. The van der Waals surface area contributed by atoms with Crippen LogP contribution in [0.4, 0.5) is 0 Å². The number of ether oxygens (including phenoxy) is 1. The van der Waals surface area contributed by atoms with Crippen molar-refractivity contribution >= 4 is 0 Å². The molecule has 0 aromatic rings. The highest BCUT2D eigenvalue weighted by Crippen LogP contribution is 2.11. The fourth-order valence-electron chi connectivity index (χ4n) is 1.91. The molecule has 14 heavy (non-hydrogen) atoms. The maximum absolute atomic E-state index is 5.41. The van der Waals surface area contributed by atoms with Crippen molar-refractivity contribution in [3.05, 3.63) is 0 Å². The maximum Gasteiger partial charge on any atom is 0.0622 e. The normalized spacial score (nSPS) is 22.5. The van der Waals surface area contributed by atoms with Gasteiger partial charge in [0, 0.05) is 31.8 Å². The molecule has 3 nitrogen and oxygen atoms in total. The summed E-state index contributed by atoms with van der Waals surface area (Å²) in [6.07, 6.45) is 1.20. The topological polar surface area (TPSA) is 24.5 Å². The molecule has 1 aliphatic rings. The Morgan fingerprint density at radius 2 is 2.29 bits per heavy atom. The molecular formula is C11H24N2O. The molecule has 3 heteroatoms. The molecule has 1 fully saturated rings. The van der Waals surface area contributed by atoms with Crippen LogP contribution in [-0.2, 0) is 4.74 Å². The maximum atomic E-state index is 5.41. The van der Waals surface area contributed by atoms with E-state index in [1.807, 2.05) is 0 Å². The van der Waals surface area contributed by atoms with Gasteiger partial charge in [0.15, 0.2) is 0 Å². The number of nitrogens with zero attached hydrogens (tertiary/aromatic N) is 1. The summed E-state index contributed by atoms with van der Waals surface area (Å²) < 4.78 is 5.41. The Morgan fingerprint density at radius 1 is 1.50 bits per heavy atom. The average molecular weight is 200 g/mol. The first kappa shape index (κ1) is 12.0. The second-order valence-electron chi connectivity index (χ2n) is 4.25.